The predicted molar refractivity (Wildman–Crippen MR) is 134 cm³/mol. The molecule has 0 aromatic heterocycles. The first kappa shape index (κ1) is 28.0. The SMILES string of the molecule is COc1cc(/C=C/c2ccc(OC(=O)OCCNC(=O)C(CC(C)C)NC(=O)O)cc2)cc(OC)c1. The molecule has 0 saturated carbocycles. The fourth-order valence-corrected chi connectivity index (χ4v) is 3.17. The van der Waals surface area contributed by atoms with E-state index in [0.29, 0.717) is 23.7 Å². The van der Waals surface area contributed by atoms with Crippen LogP contribution in [0.25, 0.3) is 12.2 Å². The highest BCUT2D eigenvalue weighted by atomic mass is 16.7. The average Bonchev–Trinajstić information content (AvgIpc) is 2.84. The van der Waals surface area contributed by atoms with Crippen LogP contribution in [-0.2, 0) is 9.53 Å². The summed E-state index contributed by atoms with van der Waals surface area (Å²) in [5, 5.41) is 13.6. The molecule has 0 saturated heterocycles. The van der Waals surface area contributed by atoms with Gasteiger partial charge in [-0.05, 0) is 47.7 Å². The topological polar surface area (TPSA) is 132 Å². The van der Waals surface area contributed by atoms with Crippen molar-refractivity contribution in [2.24, 2.45) is 5.92 Å². The molecule has 0 spiro atoms. The number of nitrogens with one attached hydrogen (secondary N) is 2. The Morgan fingerprint density at radius 1 is 0.917 bits per heavy atom. The summed E-state index contributed by atoms with van der Waals surface area (Å²) in [4.78, 5) is 34.9. The van der Waals surface area contributed by atoms with E-state index in [-0.39, 0.29) is 19.1 Å². The number of ether oxygens (including phenoxy) is 4. The predicted octanol–water partition coefficient (Wildman–Crippen LogP) is 4.19. The van der Waals surface area contributed by atoms with Crippen LogP contribution < -0.4 is 24.8 Å². The van der Waals surface area contributed by atoms with Crippen molar-refractivity contribution in [1.29, 1.82) is 0 Å². The summed E-state index contributed by atoms with van der Waals surface area (Å²) < 4.78 is 20.6. The summed E-state index contributed by atoms with van der Waals surface area (Å²) in [7, 11) is 3.18. The average molecular weight is 501 g/mol. The van der Waals surface area contributed by atoms with Crippen molar-refractivity contribution >= 4 is 30.3 Å². The molecule has 36 heavy (non-hydrogen) atoms. The number of carbonyl (C=O) groups is 3. The van der Waals surface area contributed by atoms with Crippen LogP contribution in [0.15, 0.2) is 42.5 Å². The first-order valence-corrected chi connectivity index (χ1v) is 11.3. The molecule has 0 fully saturated rings. The van der Waals surface area contributed by atoms with Crippen molar-refractivity contribution in [2.45, 2.75) is 26.3 Å². The van der Waals surface area contributed by atoms with Crippen LogP contribution in [0.1, 0.15) is 31.4 Å². The molecule has 10 heteroatoms. The smallest absolute Gasteiger partial charge is 0.497 e. The van der Waals surface area contributed by atoms with Crippen LogP contribution in [-0.4, -0.2) is 56.7 Å². The van der Waals surface area contributed by atoms with Gasteiger partial charge in [-0.3, -0.25) is 4.79 Å². The Bertz CT molecular complexity index is 1030. The molecule has 2 aromatic rings. The first-order valence-electron chi connectivity index (χ1n) is 11.3. The zero-order valence-electron chi connectivity index (χ0n) is 20.8. The van der Waals surface area contributed by atoms with Gasteiger partial charge in [0.25, 0.3) is 0 Å². The Labute approximate surface area is 210 Å². The number of amides is 2. The van der Waals surface area contributed by atoms with Crippen molar-refractivity contribution in [2.75, 3.05) is 27.4 Å². The number of methoxy groups -OCH3 is 2. The normalized spacial score (nSPS) is 11.6. The molecule has 2 aromatic carbocycles. The van der Waals surface area contributed by atoms with Gasteiger partial charge in [-0.15, -0.1) is 0 Å². The van der Waals surface area contributed by atoms with Gasteiger partial charge in [0, 0.05) is 6.07 Å². The fourth-order valence-electron chi connectivity index (χ4n) is 3.17. The molecule has 3 N–H and O–H groups in total. The summed E-state index contributed by atoms with van der Waals surface area (Å²) in [5.74, 6) is 1.29. The third-order valence-corrected chi connectivity index (χ3v) is 4.87. The Hall–Kier alpha value is -4.21. The molecule has 0 heterocycles. The third kappa shape index (κ3) is 9.96. The number of benzene rings is 2. The lowest BCUT2D eigenvalue weighted by Gasteiger charge is -2.18. The molecule has 1 unspecified atom stereocenters. The summed E-state index contributed by atoms with van der Waals surface area (Å²) in [6.45, 7) is 3.65. The lowest BCUT2D eigenvalue weighted by molar-refractivity contribution is -0.123. The van der Waals surface area contributed by atoms with Crippen molar-refractivity contribution in [3.63, 3.8) is 0 Å². The standard InChI is InChI=1S/C26H32N2O8/c1-17(2)13-23(28-25(30)31)24(29)27-11-12-35-26(32)36-20-9-7-18(8-10-20)5-6-19-14-21(33-3)16-22(15-19)34-4/h5-10,14-17,23,28H,11-13H2,1-4H3,(H,27,29)(H,30,31)/b6-5+. The van der Waals surface area contributed by atoms with Crippen LogP contribution in [0.5, 0.6) is 17.2 Å². The highest BCUT2D eigenvalue weighted by molar-refractivity contribution is 5.85. The zero-order chi connectivity index (χ0) is 26.5. The quantitative estimate of drug-likeness (QED) is 0.171. The Kier molecular flexibility index (Phi) is 11.1. The van der Waals surface area contributed by atoms with E-state index in [4.69, 9.17) is 24.1 Å². The first-order chi connectivity index (χ1) is 17.2. The molecule has 2 rings (SSSR count). The molecular weight excluding hydrogens is 468 g/mol. The molecule has 1 atom stereocenters. The summed E-state index contributed by atoms with van der Waals surface area (Å²) in [6.07, 6.45) is 1.95. The highest BCUT2D eigenvalue weighted by Crippen LogP contribution is 2.24. The Balaban J connectivity index is 1.80. The molecule has 10 nitrogen and oxygen atoms in total. The van der Waals surface area contributed by atoms with Crippen LogP contribution in [0.2, 0.25) is 0 Å². The van der Waals surface area contributed by atoms with Gasteiger partial charge in [0.05, 0.1) is 20.8 Å². The van der Waals surface area contributed by atoms with Crippen molar-refractivity contribution in [1.82, 2.24) is 10.6 Å². The van der Waals surface area contributed by atoms with E-state index in [9.17, 15) is 14.4 Å². The summed E-state index contributed by atoms with van der Waals surface area (Å²) >= 11 is 0. The third-order valence-electron chi connectivity index (χ3n) is 4.87. The number of rotatable bonds is 12. The van der Waals surface area contributed by atoms with Gasteiger partial charge in [0.2, 0.25) is 5.91 Å². The second-order valence-electron chi connectivity index (χ2n) is 8.17. The molecule has 0 bridgehead atoms. The van der Waals surface area contributed by atoms with Gasteiger partial charge in [-0.1, -0.05) is 38.1 Å². The van der Waals surface area contributed by atoms with Crippen molar-refractivity contribution in [3.05, 3.63) is 53.6 Å². The van der Waals surface area contributed by atoms with Gasteiger partial charge in [-0.25, -0.2) is 9.59 Å². The maximum atomic E-state index is 12.2. The van der Waals surface area contributed by atoms with E-state index in [1.165, 1.54) is 0 Å². The lowest BCUT2D eigenvalue weighted by Crippen LogP contribution is -2.47. The van der Waals surface area contributed by atoms with Crippen LogP contribution >= 0.6 is 0 Å². The number of hydrogen-bond acceptors (Lipinski definition) is 7. The van der Waals surface area contributed by atoms with E-state index in [1.54, 1.807) is 44.6 Å². The largest absolute Gasteiger partial charge is 0.513 e. The van der Waals surface area contributed by atoms with Gasteiger partial charge in [0.1, 0.15) is 29.9 Å². The van der Waals surface area contributed by atoms with Gasteiger partial charge in [-0.2, -0.15) is 0 Å². The summed E-state index contributed by atoms with van der Waals surface area (Å²) in [5.41, 5.74) is 1.78. The van der Waals surface area contributed by atoms with Crippen LogP contribution in [0.4, 0.5) is 9.59 Å². The van der Waals surface area contributed by atoms with E-state index in [2.05, 4.69) is 10.6 Å². The van der Waals surface area contributed by atoms with E-state index in [1.807, 2.05) is 38.1 Å². The molecule has 0 aliphatic heterocycles. The maximum Gasteiger partial charge on any atom is 0.513 e. The minimum Gasteiger partial charge on any atom is -0.497 e. The monoisotopic (exact) mass is 500 g/mol. The maximum absolute atomic E-state index is 12.2. The molecule has 0 aliphatic rings. The Morgan fingerprint density at radius 3 is 2.08 bits per heavy atom. The lowest BCUT2D eigenvalue weighted by atomic mass is 10.0. The molecule has 0 aliphatic carbocycles. The number of hydrogen-bond donors (Lipinski definition) is 3. The minimum atomic E-state index is -1.28. The van der Waals surface area contributed by atoms with Crippen molar-refractivity contribution < 1.29 is 38.4 Å². The zero-order valence-corrected chi connectivity index (χ0v) is 20.8. The fraction of sp³-hybridized carbons (Fsp3) is 0.346. The van der Waals surface area contributed by atoms with E-state index < -0.39 is 24.2 Å². The number of carbonyl (C=O) groups excluding carboxylic acids is 2. The van der Waals surface area contributed by atoms with Crippen molar-refractivity contribution in [3.8, 4) is 17.2 Å². The van der Waals surface area contributed by atoms with E-state index in [0.717, 1.165) is 11.1 Å². The molecule has 0 radical (unpaired) electrons. The van der Waals surface area contributed by atoms with Gasteiger partial charge < -0.3 is 34.7 Å². The highest BCUT2D eigenvalue weighted by Gasteiger charge is 2.21. The molecular formula is C26H32N2O8. The van der Waals surface area contributed by atoms with Crippen LogP contribution in [0.3, 0.4) is 0 Å². The Morgan fingerprint density at radius 2 is 1.53 bits per heavy atom. The summed E-state index contributed by atoms with van der Waals surface area (Å²) in [6, 6.07) is 11.5. The van der Waals surface area contributed by atoms with Gasteiger partial charge in [0.15, 0.2) is 0 Å². The second kappa shape index (κ2) is 14.2. The molecule has 2 amide bonds. The van der Waals surface area contributed by atoms with Gasteiger partial charge >= 0.3 is 12.2 Å². The van der Waals surface area contributed by atoms with Crippen LogP contribution in [0, 0.1) is 5.92 Å². The minimum absolute atomic E-state index is 0.0165. The molecule has 194 valence electrons. The second-order valence-corrected chi connectivity index (χ2v) is 8.17. The van der Waals surface area contributed by atoms with E-state index >= 15 is 0 Å². The number of carboxylic acid groups (broad SMARTS) is 1.